The lowest BCUT2D eigenvalue weighted by Gasteiger charge is -2.32. The molecule has 1 aliphatic carbocycles. The van der Waals surface area contributed by atoms with Crippen molar-refractivity contribution in [1.29, 1.82) is 0 Å². The van der Waals surface area contributed by atoms with Gasteiger partial charge in [0.15, 0.2) is 0 Å². The third kappa shape index (κ3) is 4.45. The lowest BCUT2D eigenvalue weighted by molar-refractivity contribution is -0.133. The van der Waals surface area contributed by atoms with E-state index in [4.69, 9.17) is 0 Å². The Morgan fingerprint density at radius 3 is 2.65 bits per heavy atom. The van der Waals surface area contributed by atoms with Crippen molar-refractivity contribution in [2.45, 2.75) is 52.0 Å². The molecule has 0 bridgehead atoms. The van der Waals surface area contributed by atoms with Gasteiger partial charge >= 0.3 is 0 Å². The van der Waals surface area contributed by atoms with Gasteiger partial charge in [-0.1, -0.05) is 20.3 Å². The van der Waals surface area contributed by atoms with Crippen molar-refractivity contribution in [3.8, 4) is 0 Å². The molecule has 0 radical (unpaired) electrons. The highest BCUT2D eigenvalue weighted by atomic mass is 16.2. The number of carbonyl (C=O) groups is 1. The van der Waals surface area contributed by atoms with E-state index in [2.05, 4.69) is 31.1 Å². The molecule has 4 heteroatoms. The van der Waals surface area contributed by atoms with E-state index >= 15 is 0 Å². The van der Waals surface area contributed by atoms with Crippen LogP contribution in [0.25, 0.3) is 0 Å². The van der Waals surface area contributed by atoms with Crippen molar-refractivity contribution in [1.82, 2.24) is 15.1 Å². The smallest absolute Gasteiger partial charge is 0.236 e. The molecule has 1 N–H and O–H groups in total. The SMILES string of the molecule is CN(CC(=O)N1CCNCC1)C1CCCC(C)(C)CC1. The van der Waals surface area contributed by atoms with Crippen molar-refractivity contribution < 1.29 is 4.79 Å². The molecule has 2 fully saturated rings. The fourth-order valence-corrected chi connectivity index (χ4v) is 3.44. The third-order valence-corrected chi connectivity index (χ3v) is 5.02. The fourth-order valence-electron chi connectivity index (χ4n) is 3.44. The van der Waals surface area contributed by atoms with Gasteiger partial charge in [-0.2, -0.15) is 0 Å². The average molecular weight is 281 g/mol. The summed E-state index contributed by atoms with van der Waals surface area (Å²) < 4.78 is 0. The maximum absolute atomic E-state index is 12.3. The van der Waals surface area contributed by atoms with Crippen molar-refractivity contribution in [3.63, 3.8) is 0 Å². The number of rotatable bonds is 3. The van der Waals surface area contributed by atoms with Crippen molar-refractivity contribution >= 4 is 5.91 Å². The number of hydrogen-bond acceptors (Lipinski definition) is 3. The molecule has 1 atom stereocenters. The van der Waals surface area contributed by atoms with E-state index in [0.717, 1.165) is 26.2 Å². The molecule has 1 saturated heterocycles. The minimum absolute atomic E-state index is 0.303. The van der Waals surface area contributed by atoms with Gasteiger partial charge in [0.1, 0.15) is 0 Å². The number of amides is 1. The van der Waals surface area contributed by atoms with Crippen LogP contribution in [-0.2, 0) is 4.79 Å². The zero-order valence-electron chi connectivity index (χ0n) is 13.5. The topological polar surface area (TPSA) is 35.6 Å². The third-order valence-electron chi connectivity index (χ3n) is 5.02. The Bertz CT molecular complexity index is 324. The predicted molar refractivity (Wildman–Crippen MR) is 82.7 cm³/mol. The first kappa shape index (κ1) is 15.8. The van der Waals surface area contributed by atoms with Crippen molar-refractivity contribution in [3.05, 3.63) is 0 Å². The molecule has 2 rings (SSSR count). The molecular weight excluding hydrogens is 250 g/mol. The molecule has 1 saturated carbocycles. The fraction of sp³-hybridized carbons (Fsp3) is 0.938. The molecule has 0 aromatic rings. The molecular formula is C16H31N3O. The van der Waals surface area contributed by atoms with E-state index in [1.165, 1.54) is 32.1 Å². The molecule has 0 aromatic carbocycles. The van der Waals surface area contributed by atoms with E-state index in [-0.39, 0.29) is 0 Å². The van der Waals surface area contributed by atoms with E-state index in [9.17, 15) is 4.79 Å². The summed E-state index contributed by atoms with van der Waals surface area (Å²) in [6, 6.07) is 0.587. The Balaban J connectivity index is 1.81. The molecule has 1 heterocycles. The number of piperazine rings is 1. The maximum atomic E-state index is 12.3. The maximum Gasteiger partial charge on any atom is 0.236 e. The first-order valence-electron chi connectivity index (χ1n) is 8.17. The number of hydrogen-bond donors (Lipinski definition) is 1. The Hall–Kier alpha value is -0.610. The molecule has 1 unspecified atom stereocenters. The van der Waals surface area contributed by atoms with Crippen LogP contribution < -0.4 is 5.32 Å². The van der Waals surface area contributed by atoms with Crippen molar-refractivity contribution in [2.24, 2.45) is 5.41 Å². The average Bonchev–Trinajstić information content (AvgIpc) is 2.60. The minimum atomic E-state index is 0.303. The van der Waals surface area contributed by atoms with Crippen LogP contribution in [0.5, 0.6) is 0 Å². The minimum Gasteiger partial charge on any atom is -0.339 e. The van der Waals surface area contributed by atoms with Crippen LogP contribution in [0.4, 0.5) is 0 Å². The standard InChI is InChI=1S/C16H31N3O/c1-16(2)7-4-5-14(6-8-16)18(3)13-15(20)19-11-9-17-10-12-19/h14,17H,4-13H2,1-3H3. The van der Waals surface area contributed by atoms with Gasteiger partial charge in [0, 0.05) is 32.2 Å². The first-order chi connectivity index (χ1) is 9.48. The van der Waals surface area contributed by atoms with E-state index < -0.39 is 0 Å². The van der Waals surface area contributed by atoms with Gasteiger partial charge < -0.3 is 10.2 Å². The second kappa shape index (κ2) is 6.90. The van der Waals surface area contributed by atoms with Crippen LogP contribution in [0.3, 0.4) is 0 Å². The van der Waals surface area contributed by atoms with E-state index in [0.29, 0.717) is 23.9 Å². The van der Waals surface area contributed by atoms with Gasteiger partial charge in [0.2, 0.25) is 5.91 Å². The summed E-state index contributed by atoms with van der Waals surface area (Å²) in [5.74, 6) is 0.303. The van der Waals surface area contributed by atoms with Gasteiger partial charge in [-0.05, 0) is 38.1 Å². The number of carbonyl (C=O) groups excluding carboxylic acids is 1. The van der Waals surface area contributed by atoms with Crippen LogP contribution in [0.2, 0.25) is 0 Å². The quantitative estimate of drug-likeness (QED) is 0.800. The van der Waals surface area contributed by atoms with E-state index in [1.807, 2.05) is 4.90 Å². The van der Waals surface area contributed by atoms with Crippen LogP contribution in [0.1, 0.15) is 46.0 Å². The molecule has 1 amide bonds. The molecule has 20 heavy (non-hydrogen) atoms. The Kier molecular flexibility index (Phi) is 5.44. The molecule has 1 aliphatic heterocycles. The Morgan fingerprint density at radius 1 is 1.25 bits per heavy atom. The van der Waals surface area contributed by atoms with Crippen LogP contribution in [0, 0.1) is 5.41 Å². The summed E-state index contributed by atoms with van der Waals surface area (Å²) in [4.78, 5) is 16.6. The highest BCUT2D eigenvalue weighted by Gasteiger charge is 2.27. The summed E-state index contributed by atoms with van der Waals surface area (Å²) in [7, 11) is 2.13. The van der Waals surface area contributed by atoms with Crippen molar-refractivity contribution in [2.75, 3.05) is 39.8 Å². The summed E-state index contributed by atoms with van der Waals surface area (Å²) in [5, 5.41) is 3.30. The highest BCUT2D eigenvalue weighted by Crippen LogP contribution is 2.34. The predicted octanol–water partition coefficient (Wildman–Crippen LogP) is 1.71. The Labute approximate surface area is 123 Å². The lowest BCUT2D eigenvalue weighted by Crippen LogP contribution is -2.50. The molecule has 116 valence electrons. The molecule has 0 spiro atoms. The number of nitrogens with one attached hydrogen (secondary N) is 1. The number of nitrogens with zero attached hydrogens (tertiary/aromatic N) is 2. The van der Waals surface area contributed by atoms with Crippen LogP contribution >= 0.6 is 0 Å². The second-order valence-electron chi connectivity index (χ2n) is 7.29. The van der Waals surface area contributed by atoms with Gasteiger partial charge in [-0.15, -0.1) is 0 Å². The first-order valence-corrected chi connectivity index (χ1v) is 8.17. The monoisotopic (exact) mass is 281 g/mol. The van der Waals surface area contributed by atoms with Gasteiger partial charge in [-0.3, -0.25) is 9.69 Å². The summed E-state index contributed by atoms with van der Waals surface area (Å²) in [6.45, 7) is 8.95. The van der Waals surface area contributed by atoms with Crippen LogP contribution in [0.15, 0.2) is 0 Å². The summed E-state index contributed by atoms with van der Waals surface area (Å²) in [6.07, 6.45) is 6.38. The normalized spacial score (nSPS) is 27.4. The molecule has 4 nitrogen and oxygen atoms in total. The van der Waals surface area contributed by atoms with Gasteiger partial charge in [0.25, 0.3) is 0 Å². The summed E-state index contributed by atoms with van der Waals surface area (Å²) >= 11 is 0. The van der Waals surface area contributed by atoms with Crippen LogP contribution in [-0.4, -0.2) is 61.5 Å². The number of likely N-dealkylation sites (N-methyl/N-ethyl adjacent to an activating group) is 1. The summed E-state index contributed by atoms with van der Waals surface area (Å²) in [5.41, 5.74) is 0.484. The lowest BCUT2D eigenvalue weighted by atomic mass is 9.85. The zero-order chi connectivity index (χ0) is 14.6. The van der Waals surface area contributed by atoms with Gasteiger partial charge in [-0.25, -0.2) is 0 Å². The Morgan fingerprint density at radius 2 is 1.95 bits per heavy atom. The molecule has 2 aliphatic rings. The second-order valence-corrected chi connectivity index (χ2v) is 7.29. The zero-order valence-corrected chi connectivity index (χ0v) is 13.5. The largest absolute Gasteiger partial charge is 0.339 e. The highest BCUT2D eigenvalue weighted by molar-refractivity contribution is 5.78. The molecule has 0 aromatic heterocycles. The van der Waals surface area contributed by atoms with Gasteiger partial charge in [0.05, 0.1) is 6.54 Å². The van der Waals surface area contributed by atoms with E-state index in [1.54, 1.807) is 0 Å².